The van der Waals surface area contributed by atoms with Gasteiger partial charge in [0.25, 0.3) is 5.91 Å². The molecule has 0 bridgehead atoms. The monoisotopic (exact) mass is 355 g/mol. The molecule has 0 saturated heterocycles. The van der Waals surface area contributed by atoms with E-state index >= 15 is 0 Å². The molecule has 1 N–H and O–H groups in total. The molecule has 0 radical (unpaired) electrons. The third-order valence-electron chi connectivity index (χ3n) is 5.87. The summed E-state index contributed by atoms with van der Waals surface area (Å²) in [6, 6.07) is 20.1. The molecule has 2 aliphatic heterocycles. The van der Waals surface area contributed by atoms with Crippen molar-refractivity contribution in [2.45, 2.75) is 32.2 Å². The van der Waals surface area contributed by atoms with E-state index < -0.39 is 5.54 Å². The van der Waals surface area contributed by atoms with Gasteiger partial charge in [0.2, 0.25) is 0 Å². The summed E-state index contributed by atoms with van der Waals surface area (Å²) in [4.78, 5) is 13.0. The molecule has 0 aromatic heterocycles. The minimum atomic E-state index is -0.700. The van der Waals surface area contributed by atoms with Crippen LogP contribution in [-0.2, 0) is 18.4 Å². The van der Waals surface area contributed by atoms with Crippen molar-refractivity contribution in [2.75, 3.05) is 0 Å². The van der Waals surface area contributed by atoms with Crippen LogP contribution in [0.15, 0.2) is 60.7 Å². The molecule has 1 spiro atoms. The van der Waals surface area contributed by atoms with Gasteiger partial charge >= 0.3 is 0 Å². The van der Waals surface area contributed by atoms with E-state index in [1.807, 2.05) is 36.4 Å². The summed E-state index contributed by atoms with van der Waals surface area (Å²) in [6.45, 7) is 4.35. The number of carbonyl (C=O) groups is 1. The van der Waals surface area contributed by atoms with Gasteiger partial charge < -0.3 is 10.1 Å². The van der Waals surface area contributed by atoms with Crippen LogP contribution in [0, 0.1) is 0 Å². The molecule has 5 rings (SSSR count). The molecule has 134 valence electrons. The largest absolute Gasteiger partial charge is 0.457 e. The average molecular weight is 355 g/mol. The zero-order valence-electron chi connectivity index (χ0n) is 15.5. The number of fused-ring (bicyclic) bond motifs is 6. The smallest absolute Gasteiger partial charge is 0.252 e. The van der Waals surface area contributed by atoms with Gasteiger partial charge in [-0.25, -0.2) is 0 Å². The fourth-order valence-corrected chi connectivity index (χ4v) is 4.74. The van der Waals surface area contributed by atoms with Gasteiger partial charge in [0, 0.05) is 16.7 Å². The number of carbonyl (C=O) groups excluding carboxylic acids is 1. The summed E-state index contributed by atoms with van der Waals surface area (Å²) >= 11 is 0. The van der Waals surface area contributed by atoms with Crippen LogP contribution < -0.4 is 10.1 Å². The topological polar surface area (TPSA) is 38.3 Å². The Morgan fingerprint density at radius 1 is 0.852 bits per heavy atom. The predicted molar refractivity (Wildman–Crippen MR) is 106 cm³/mol. The van der Waals surface area contributed by atoms with Gasteiger partial charge in [-0.1, -0.05) is 56.3 Å². The van der Waals surface area contributed by atoms with Gasteiger partial charge in [-0.05, 0) is 47.7 Å². The van der Waals surface area contributed by atoms with E-state index in [1.54, 1.807) is 0 Å². The molecule has 3 aromatic rings. The van der Waals surface area contributed by atoms with E-state index in [2.05, 4.69) is 43.4 Å². The Morgan fingerprint density at radius 3 is 2.37 bits per heavy atom. The second-order valence-electron chi connectivity index (χ2n) is 7.13. The number of nitrogens with one attached hydrogen (secondary N) is 1. The first-order valence-electron chi connectivity index (χ1n) is 9.55. The summed E-state index contributed by atoms with van der Waals surface area (Å²) in [5.74, 6) is 1.60. The summed E-state index contributed by atoms with van der Waals surface area (Å²) < 4.78 is 6.31. The van der Waals surface area contributed by atoms with Crippen LogP contribution in [0.1, 0.15) is 52.0 Å². The maximum atomic E-state index is 13.0. The molecule has 3 nitrogen and oxygen atoms in total. The maximum absolute atomic E-state index is 13.0. The SMILES string of the molecule is CCc1ccc2c(c1CC)C1(NC(=O)c3ccccc31)c1ccccc1O2. The van der Waals surface area contributed by atoms with Crippen molar-refractivity contribution < 1.29 is 9.53 Å². The first-order chi connectivity index (χ1) is 13.2. The highest BCUT2D eigenvalue weighted by Crippen LogP contribution is 2.54. The molecular formula is C24H21NO2. The lowest BCUT2D eigenvalue weighted by molar-refractivity contribution is 0.0946. The number of hydrogen-bond donors (Lipinski definition) is 1. The number of ether oxygens (including phenoxy) is 1. The van der Waals surface area contributed by atoms with Crippen LogP contribution >= 0.6 is 0 Å². The van der Waals surface area contributed by atoms with Crippen LogP contribution in [0.25, 0.3) is 0 Å². The number of hydrogen-bond acceptors (Lipinski definition) is 2. The highest BCUT2D eigenvalue weighted by atomic mass is 16.5. The van der Waals surface area contributed by atoms with Crippen molar-refractivity contribution in [1.29, 1.82) is 0 Å². The molecule has 3 heteroatoms. The Labute approximate surface area is 159 Å². The minimum Gasteiger partial charge on any atom is -0.457 e. The summed E-state index contributed by atoms with van der Waals surface area (Å²) in [5, 5.41) is 3.35. The Morgan fingerprint density at radius 2 is 1.59 bits per heavy atom. The van der Waals surface area contributed by atoms with Gasteiger partial charge in [-0.2, -0.15) is 0 Å². The predicted octanol–water partition coefficient (Wildman–Crippen LogP) is 4.95. The molecule has 3 aromatic carbocycles. The molecule has 0 fully saturated rings. The minimum absolute atomic E-state index is 0.0304. The molecule has 0 aliphatic carbocycles. The first-order valence-corrected chi connectivity index (χ1v) is 9.55. The molecule has 0 saturated carbocycles. The number of benzene rings is 3. The molecule has 2 aliphatic rings. The Bertz CT molecular complexity index is 1090. The lowest BCUT2D eigenvalue weighted by Gasteiger charge is -2.40. The van der Waals surface area contributed by atoms with Crippen molar-refractivity contribution in [3.8, 4) is 11.5 Å². The van der Waals surface area contributed by atoms with E-state index in [0.29, 0.717) is 0 Å². The van der Waals surface area contributed by atoms with Gasteiger partial charge in [0.15, 0.2) is 0 Å². The standard InChI is InChI=1S/C24H21NO2/c1-3-15-13-14-21-22(16(15)4-2)24(19-11-7-8-12-20(19)27-21)18-10-6-5-9-17(18)23(26)25-24/h5-14H,3-4H2,1-2H3,(H,25,26). The van der Waals surface area contributed by atoms with Crippen molar-refractivity contribution >= 4 is 5.91 Å². The van der Waals surface area contributed by atoms with Crippen LogP contribution in [0.2, 0.25) is 0 Å². The normalized spacial score (nSPS) is 19.1. The van der Waals surface area contributed by atoms with Gasteiger partial charge in [0.1, 0.15) is 17.0 Å². The van der Waals surface area contributed by atoms with Crippen molar-refractivity contribution in [3.63, 3.8) is 0 Å². The fourth-order valence-electron chi connectivity index (χ4n) is 4.74. The molecule has 1 unspecified atom stereocenters. The van der Waals surface area contributed by atoms with Crippen LogP contribution in [-0.4, -0.2) is 5.91 Å². The molecule has 27 heavy (non-hydrogen) atoms. The second-order valence-corrected chi connectivity index (χ2v) is 7.13. The first kappa shape index (κ1) is 16.1. The third kappa shape index (κ3) is 2.00. The highest BCUT2D eigenvalue weighted by Gasteiger charge is 2.51. The zero-order chi connectivity index (χ0) is 18.6. The Balaban J connectivity index is 1.95. The quantitative estimate of drug-likeness (QED) is 0.706. The zero-order valence-corrected chi connectivity index (χ0v) is 15.5. The number of para-hydroxylation sites is 1. The van der Waals surface area contributed by atoms with Crippen LogP contribution in [0.3, 0.4) is 0 Å². The van der Waals surface area contributed by atoms with E-state index in [9.17, 15) is 4.79 Å². The van der Waals surface area contributed by atoms with Crippen molar-refractivity contribution in [3.05, 3.63) is 94.0 Å². The number of aryl methyl sites for hydroxylation is 1. The Kier molecular flexibility index (Phi) is 3.41. The Hall–Kier alpha value is -3.07. The molecule has 2 heterocycles. The van der Waals surface area contributed by atoms with E-state index in [4.69, 9.17) is 4.74 Å². The fraction of sp³-hybridized carbons (Fsp3) is 0.208. The van der Waals surface area contributed by atoms with Crippen LogP contribution in [0.4, 0.5) is 0 Å². The van der Waals surface area contributed by atoms with Crippen LogP contribution in [0.5, 0.6) is 11.5 Å². The van der Waals surface area contributed by atoms with Gasteiger partial charge in [-0.3, -0.25) is 4.79 Å². The number of rotatable bonds is 2. The maximum Gasteiger partial charge on any atom is 0.252 e. The van der Waals surface area contributed by atoms with E-state index in [0.717, 1.165) is 46.6 Å². The van der Waals surface area contributed by atoms with Crippen molar-refractivity contribution in [1.82, 2.24) is 5.32 Å². The third-order valence-corrected chi connectivity index (χ3v) is 5.87. The van der Waals surface area contributed by atoms with Gasteiger partial charge in [0.05, 0.1) is 0 Å². The molecular weight excluding hydrogens is 334 g/mol. The summed E-state index contributed by atoms with van der Waals surface area (Å²) in [5.41, 5.74) is 5.70. The number of amides is 1. The summed E-state index contributed by atoms with van der Waals surface area (Å²) in [6.07, 6.45) is 1.83. The highest BCUT2D eigenvalue weighted by molar-refractivity contribution is 6.02. The summed E-state index contributed by atoms with van der Waals surface area (Å²) in [7, 11) is 0. The average Bonchev–Trinajstić information content (AvgIpc) is 3.01. The lowest BCUT2D eigenvalue weighted by atomic mass is 9.72. The lowest BCUT2D eigenvalue weighted by Crippen LogP contribution is -2.44. The van der Waals surface area contributed by atoms with Gasteiger partial charge in [-0.15, -0.1) is 0 Å². The molecule has 1 amide bonds. The van der Waals surface area contributed by atoms with E-state index in [-0.39, 0.29) is 5.91 Å². The molecule has 1 atom stereocenters. The van der Waals surface area contributed by atoms with Crippen molar-refractivity contribution in [2.24, 2.45) is 0 Å². The second kappa shape index (κ2) is 5.71. The van der Waals surface area contributed by atoms with E-state index in [1.165, 1.54) is 11.1 Å².